The van der Waals surface area contributed by atoms with Crippen LogP contribution in [0.2, 0.25) is 0 Å². The lowest BCUT2D eigenvalue weighted by molar-refractivity contribution is 1.08. The van der Waals surface area contributed by atoms with Gasteiger partial charge in [-0.25, -0.2) is 4.98 Å². The summed E-state index contributed by atoms with van der Waals surface area (Å²) in [5.74, 6) is 0.904. The van der Waals surface area contributed by atoms with Crippen molar-refractivity contribution in [1.29, 1.82) is 0 Å². The van der Waals surface area contributed by atoms with Crippen LogP contribution in [0, 0.1) is 0 Å². The Hall–Kier alpha value is -6.07. The average molecular weight is 564 g/mol. The van der Waals surface area contributed by atoms with Crippen molar-refractivity contribution in [2.75, 3.05) is 0 Å². The molecule has 0 aliphatic heterocycles. The fourth-order valence-electron chi connectivity index (χ4n) is 7.14. The first-order valence-corrected chi connectivity index (χ1v) is 14.9. The number of fused-ring (bicyclic) bond motifs is 10. The van der Waals surface area contributed by atoms with Crippen LogP contribution in [0.15, 0.2) is 152 Å². The number of hydrogen-bond donors (Lipinski definition) is 0. The first kappa shape index (κ1) is 23.5. The third-order valence-corrected chi connectivity index (χ3v) is 8.96. The molecular formula is C39H25N5. The largest absolute Gasteiger partial charge is 0.309 e. The van der Waals surface area contributed by atoms with E-state index in [0.717, 1.165) is 55.9 Å². The molecule has 0 saturated heterocycles. The predicted molar refractivity (Wildman–Crippen MR) is 181 cm³/mol. The summed E-state index contributed by atoms with van der Waals surface area (Å²) in [6.07, 6.45) is 0. The van der Waals surface area contributed by atoms with Gasteiger partial charge in [-0.05, 0) is 60.7 Å². The normalized spacial score (nSPS) is 12.1. The summed E-state index contributed by atoms with van der Waals surface area (Å²) in [5, 5.41) is 3.62. The molecule has 0 aliphatic rings. The molecule has 0 bridgehead atoms. The number of aromatic nitrogens is 5. The Bertz CT molecular complexity index is 2700. The molecule has 44 heavy (non-hydrogen) atoms. The van der Waals surface area contributed by atoms with Crippen molar-refractivity contribution in [3.63, 3.8) is 0 Å². The molecule has 0 spiro atoms. The maximum Gasteiger partial charge on any atom is 0.221 e. The third-order valence-electron chi connectivity index (χ3n) is 8.96. The molecule has 10 aromatic rings. The van der Waals surface area contributed by atoms with Crippen LogP contribution in [-0.4, -0.2) is 23.1 Å². The molecule has 0 N–H and O–H groups in total. The molecule has 10 rings (SSSR count). The molecule has 5 nitrogen and oxygen atoms in total. The summed E-state index contributed by atoms with van der Waals surface area (Å²) >= 11 is 0. The van der Waals surface area contributed by atoms with Crippen molar-refractivity contribution in [1.82, 2.24) is 23.1 Å². The monoisotopic (exact) mass is 563 g/mol. The Kier molecular flexibility index (Phi) is 4.66. The van der Waals surface area contributed by atoms with Gasteiger partial charge in [-0.1, -0.05) is 91.0 Å². The van der Waals surface area contributed by atoms with Gasteiger partial charge in [-0.3, -0.25) is 13.5 Å². The van der Waals surface area contributed by atoms with E-state index in [9.17, 15) is 0 Å². The molecule has 5 heteroatoms. The van der Waals surface area contributed by atoms with Gasteiger partial charge in [-0.2, -0.15) is 0 Å². The Morgan fingerprint density at radius 2 is 0.909 bits per heavy atom. The standard InChI is InChI=1S/C39H25N5/c1-3-13-26(14-4-1)41-32-19-9-7-17-29(32)30-24-23-28(25-36(30)41)42-33-20-10-8-18-31(33)37-38(42)44-35-22-12-11-21-34(35)43(39(44)40-37)27-15-5-2-6-16-27/h1-25H. The van der Waals surface area contributed by atoms with E-state index in [4.69, 9.17) is 4.98 Å². The van der Waals surface area contributed by atoms with E-state index in [1.807, 2.05) is 0 Å². The third kappa shape index (κ3) is 3.05. The molecule has 0 aliphatic carbocycles. The Morgan fingerprint density at radius 3 is 1.64 bits per heavy atom. The summed E-state index contributed by atoms with van der Waals surface area (Å²) in [4.78, 5) is 5.37. The molecule has 206 valence electrons. The Balaban J connectivity index is 1.36. The lowest BCUT2D eigenvalue weighted by atomic mass is 10.1. The molecule has 4 heterocycles. The molecule has 0 unspecified atom stereocenters. The first-order valence-electron chi connectivity index (χ1n) is 14.9. The lowest BCUT2D eigenvalue weighted by Gasteiger charge is -2.11. The summed E-state index contributed by atoms with van der Waals surface area (Å²) in [5.41, 5.74) is 11.2. The van der Waals surface area contributed by atoms with E-state index in [2.05, 4.69) is 170 Å². The van der Waals surface area contributed by atoms with Crippen LogP contribution in [0.5, 0.6) is 0 Å². The molecule has 0 saturated carbocycles. The predicted octanol–water partition coefficient (Wildman–Crippen LogP) is 9.47. The number of rotatable bonds is 3. The van der Waals surface area contributed by atoms with E-state index in [0.29, 0.717) is 0 Å². The molecule has 0 atom stereocenters. The van der Waals surface area contributed by atoms with E-state index in [-0.39, 0.29) is 0 Å². The zero-order chi connectivity index (χ0) is 28.8. The highest BCUT2D eigenvalue weighted by Gasteiger charge is 2.24. The Morgan fingerprint density at radius 1 is 0.364 bits per heavy atom. The van der Waals surface area contributed by atoms with Crippen LogP contribution in [-0.2, 0) is 0 Å². The van der Waals surface area contributed by atoms with Gasteiger partial charge in [0.2, 0.25) is 5.78 Å². The first-order chi connectivity index (χ1) is 21.9. The van der Waals surface area contributed by atoms with Crippen LogP contribution in [0.25, 0.3) is 77.7 Å². The van der Waals surface area contributed by atoms with Crippen LogP contribution in [0.1, 0.15) is 0 Å². The minimum atomic E-state index is 0.904. The van der Waals surface area contributed by atoms with Gasteiger partial charge in [0.1, 0.15) is 5.52 Å². The minimum absolute atomic E-state index is 0.904. The number of imidazole rings is 2. The highest BCUT2D eigenvalue weighted by atomic mass is 15.3. The highest BCUT2D eigenvalue weighted by molar-refractivity contribution is 6.12. The SMILES string of the molecule is c1ccc(-n2c3ccccc3c3ccc(-n4c5ccccc5c5nc6n(-c7ccccc7)c7ccccc7n6c54)cc32)cc1. The van der Waals surface area contributed by atoms with Gasteiger partial charge in [0.25, 0.3) is 0 Å². The van der Waals surface area contributed by atoms with Crippen LogP contribution < -0.4 is 0 Å². The van der Waals surface area contributed by atoms with Crippen molar-refractivity contribution in [2.45, 2.75) is 0 Å². The number of benzene rings is 6. The quantitative estimate of drug-likeness (QED) is 0.211. The molecule has 0 amide bonds. The second kappa shape index (κ2) is 8.72. The molecular weight excluding hydrogens is 538 g/mol. The van der Waals surface area contributed by atoms with Crippen molar-refractivity contribution in [3.05, 3.63) is 152 Å². The van der Waals surface area contributed by atoms with E-state index < -0.39 is 0 Å². The van der Waals surface area contributed by atoms with Gasteiger partial charge in [0.15, 0.2) is 5.65 Å². The zero-order valence-corrected chi connectivity index (χ0v) is 23.7. The fraction of sp³-hybridized carbons (Fsp3) is 0. The van der Waals surface area contributed by atoms with Gasteiger partial charge < -0.3 is 4.57 Å². The summed E-state index contributed by atoms with van der Waals surface area (Å²) < 4.78 is 9.36. The second-order valence-corrected chi connectivity index (χ2v) is 11.3. The summed E-state index contributed by atoms with van der Waals surface area (Å²) in [6.45, 7) is 0. The number of nitrogens with zero attached hydrogens (tertiary/aromatic N) is 5. The Labute approximate surface area is 252 Å². The van der Waals surface area contributed by atoms with Gasteiger partial charge in [0, 0.05) is 33.2 Å². The topological polar surface area (TPSA) is 32.1 Å². The van der Waals surface area contributed by atoms with Crippen molar-refractivity contribution < 1.29 is 0 Å². The zero-order valence-electron chi connectivity index (χ0n) is 23.7. The van der Waals surface area contributed by atoms with Gasteiger partial charge in [-0.15, -0.1) is 0 Å². The summed E-state index contributed by atoms with van der Waals surface area (Å²) in [6, 6.07) is 53.9. The minimum Gasteiger partial charge on any atom is -0.309 e. The molecule has 6 aromatic carbocycles. The number of para-hydroxylation sites is 6. The van der Waals surface area contributed by atoms with E-state index >= 15 is 0 Å². The average Bonchev–Trinajstić information content (AvgIpc) is 3.80. The second-order valence-electron chi connectivity index (χ2n) is 11.3. The van der Waals surface area contributed by atoms with E-state index in [1.165, 1.54) is 21.8 Å². The molecule has 0 radical (unpaired) electrons. The smallest absolute Gasteiger partial charge is 0.221 e. The maximum atomic E-state index is 5.37. The van der Waals surface area contributed by atoms with Crippen molar-refractivity contribution >= 4 is 60.7 Å². The fourth-order valence-corrected chi connectivity index (χ4v) is 7.14. The molecule has 4 aromatic heterocycles. The number of hydrogen-bond acceptors (Lipinski definition) is 1. The van der Waals surface area contributed by atoms with Crippen molar-refractivity contribution in [2.24, 2.45) is 0 Å². The highest BCUT2D eigenvalue weighted by Crippen LogP contribution is 2.38. The lowest BCUT2D eigenvalue weighted by Crippen LogP contribution is -1.99. The van der Waals surface area contributed by atoms with Crippen LogP contribution >= 0.6 is 0 Å². The van der Waals surface area contributed by atoms with Crippen LogP contribution in [0.4, 0.5) is 0 Å². The summed E-state index contributed by atoms with van der Waals surface area (Å²) in [7, 11) is 0. The van der Waals surface area contributed by atoms with Gasteiger partial charge in [0.05, 0.1) is 27.6 Å². The maximum absolute atomic E-state index is 5.37. The van der Waals surface area contributed by atoms with E-state index in [1.54, 1.807) is 0 Å². The van der Waals surface area contributed by atoms with Crippen molar-refractivity contribution in [3.8, 4) is 17.1 Å². The van der Waals surface area contributed by atoms with Gasteiger partial charge >= 0.3 is 0 Å². The molecule has 0 fully saturated rings. The van der Waals surface area contributed by atoms with Crippen LogP contribution in [0.3, 0.4) is 0 Å².